The Labute approximate surface area is 230 Å². The second-order valence-electron chi connectivity index (χ2n) is 10.4. The van der Waals surface area contributed by atoms with Gasteiger partial charge in [-0.3, -0.25) is 14.5 Å². The zero-order valence-electron chi connectivity index (χ0n) is 21.6. The van der Waals surface area contributed by atoms with E-state index in [1.165, 1.54) is 28.8 Å². The summed E-state index contributed by atoms with van der Waals surface area (Å²) < 4.78 is 21.5. The first-order chi connectivity index (χ1) is 18.1. The van der Waals surface area contributed by atoms with Gasteiger partial charge in [-0.25, -0.2) is 9.07 Å². The molecule has 5 rings (SSSR count). The summed E-state index contributed by atoms with van der Waals surface area (Å²) in [7, 11) is 0. The van der Waals surface area contributed by atoms with E-state index in [0.717, 1.165) is 16.8 Å². The lowest BCUT2D eigenvalue weighted by Crippen LogP contribution is -2.48. The first-order valence-corrected chi connectivity index (χ1v) is 14.0. The van der Waals surface area contributed by atoms with Crippen molar-refractivity contribution in [2.75, 3.05) is 43.5 Å². The maximum Gasteiger partial charge on any atom is 0.242 e. The average molecular weight is 557 g/mol. The van der Waals surface area contributed by atoms with Gasteiger partial charge in [-0.15, -0.1) is 11.8 Å². The summed E-state index contributed by atoms with van der Waals surface area (Å²) in [5.41, 5.74) is 2.45. The Balaban J connectivity index is 1.74. The van der Waals surface area contributed by atoms with E-state index in [2.05, 4.69) is 20.8 Å². The fourth-order valence-corrected chi connectivity index (χ4v) is 6.25. The first-order valence-electron chi connectivity index (χ1n) is 12.6. The average Bonchev–Trinajstić information content (AvgIpc) is 3.22. The highest BCUT2D eigenvalue weighted by atomic mass is 35.5. The van der Waals surface area contributed by atoms with Crippen molar-refractivity contribution in [3.8, 4) is 5.69 Å². The van der Waals surface area contributed by atoms with Crippen LogP contribution in [0.5, 0.6) is 0 Å². The van der Waals surface area contributed by atoms with Gasteiger partial charge >= 0.3 is 0 Å². The van der Waals surface area contributed by atoms with Crippen LogP contribution >= 0.6 is 23.4 Å². The highest BCUT2D eigenvalue weighted by molar-refractivity contribution is 8.00. The summed E-state index contributed by atoms with van der Waals surface area (Å²) in [4.78, 5) is 30.4. The Morgan fingerprint density at radius 2 is 1.89 bits per heavy atom. The Kier molecular flexibility index (Phi) is 7.53. The summed E-state index contributed by atoms with van der Waals surface area (Å²) in [6.07, 6.45) is 0. The van der Waals surface area contributed by atoms with Crippen LogP contribution in [0.3, 0.4) is 0 Å². The van der Waals surface area contributed by atoms with Gasteiger partial charge in [0.2, 0.25) is 11.8 Å². The molecule has 1 aromatic heterocycles. The molecule has 0 bridgehead atoms. The van der Waals surface area contributed by atoms with Gasteiger partial charge < -0.3 is 9.64 Å². The Bertz CT molecular complexity index is 1370. The van der Waals surface area contributed by atoms with Gasteiger partial charge in [0.15, 0.2) is 0 Å². The van der Waals surface area contributed by atoms with Gasteiger partial charge in [0, 0.05) is 24.1 Å². The van der Waals surface area contributed by atoms with Crippen molar-refractivity contribution >= 4 is 41.0 Å². The first kappa shape index (κ1) is 26.7. The van der Waals surface area contributed by atoms with Crippen LogP contribution in [-0.2, 0) is 19.7 Å². The molecule has 2 aliphatic rings. The molecule has 38 heavy (non-hydrogen) atoms. The third-order valence-electron chi connectivity index (χ3n) is 6.69. The standard InChI is InChI=1S/C28H30ClFN4O3S/c1-28(2,3)26-24-25(18-7-6-8-19(30)15-18)38-17-23(36)33(16-22(35)32-11-13-37-14-12-32)27(24)34(31-26)21-10-5-4-9-20(21)29/h4-10,15,25H,11-14,16-17H2,1-3H3/t25-/m1/s1. The van der Waals surface area contributed by atoms with E-state index in [9.17, 15) is 14.0 Å². The van der Waals surface area contributed by atoms with E-state index >= 15 is 0 Å². The van der Waals surface area contributed by atoms with Crippen LogP contribution in [0.1, 0.15) is 42.8 Å². The number of carbonyl (C=O) groups excluding carboxylic acids is 2. The number of ether oxygens (including phenoxy) is 1. The molecule has 200 valence electrons. The summed E-state index contributed by atoms with van der Waals surface area (Å²) in [5, 5.41) is 5.11. The summed E-state index contributed by atoms with van der Waals surface area (Å²) in [5.74, 6) is -0.112. The molecule has 0 radical (unpaired) electrons. The number of fused-ring (bicyclic) bond motifs is 1. The molecule has 0 saturated carbocycles. The minimum Gasteiger partial charge on any atom is -0.378 e. The van der Waals surface area contributed by atoms with E-state index in [1.54, 1.807) is 21.7 Å². The number of para-hydroxylation sites is 1. The van der Waals surface area contributed by atoms with Crippen molar-refractivity contribution < 1.29 is 18.7 Å². The minimum absolute atomic E-state index is 0.123. The molecule has 3 aromatic rings. The normalized spacial score (nSPS) is 18.3. The predicted octanol–water partition coefficient (Wildman–Crippen LogP) is 4.99. The van der Waals surface area contributed by atoms with E-state index < -0.39 is 5.41 Å². The number of hydrogen-bond acceptors (Lipinski definition) is 5. The van der Waals surface area contributed by atoms with Crippen molar-refractivity contribution in [1.82, 2.24) is 14.7 Å². The van der Waals surface area contributed by atoms with Crippen LogP contribution in [0.15, 0.2) is 48.5 Å². The Hall–Kier alpha value is -2.88. The van der Waals surface area contributed by atoms with Crippen LogP contribution in [0.4, 0.5) is 10.2 Å². The van der Waals surface area contributed by atoms with Crippen LogP contribution in [0.25, 0.3) is 5.69 Å². The molecular weight excluding hydrogens is 527 g/mol. The Morgan fingerprint density at radius 3 is 2.58 bits per heavy atom. The lowest BCUT2D eigenvalue weighted by molar-refractivity contribution is -0.134. The highest BCUT2D eigenvalue weighted by Crippen LogP contribution is 2.48. The number of hydrogen-bond donors (Lipinski definition) is 0. The monoisotopic (exact) mass is 556 g/mol. The summed E-state index contributed by atoms with van der Waals surface area (Å²) in [6.45, 7) is 7.91. The molecule has 2 aromatic carbocycles. The molecular formula is C28H30ClFN4O3S. The largest absolute Gasteiger partial charge is 0.378 e. The van der Waals surface area contributed by atoms with Crippen molar-refractivity contribution in [1.29, 1.82) is 0 Å². The maximum absolute atomic E-state index is 14.4. The molecule has 7 nitrogen and oxygen atoms in total. The third-order valence-corrected chi connectivity index (χ3v) is 8.26. The number of aromatic nitrogens is 2. The topological polar surface area (TPSA) is 67.7 Å². The number of rotatable bonds is 4. The molecule has 10 heteroatoms. The minimum atomic E-state index is -0.421. The molecule has 2 amide bonds. The quantitative estimate of drug-likeness (QED) is 0.453. The molecule has 1 atom stereocenters. The van der Waals surface area contributed by atoms with Crippen LogP contribution in [-0.4, -0.2) is 65.1 Å². The second-order valence-corrected chi connectivity index (χ2v) is 11.9. The van der Waals surface area contributed by atoms with Crippen molar-refractivity contribution in [3.05, 3.63) is 76.2 Å². The smallest absolute Gasteiger partial charge is 0.242 e. The van der Waals surface area contributed by atoms with E-state index in [4.69, 9.17) is 21.4 Å². The number of thioether (sulfide) groups is 1. The number of halogens is 2. The molecule has 0 aliphatic carbocycles. The van der Waals surface area contributed by atoms with Gasteiger partial charge in [-0.05, 0) is 29.8 Å². The second kappa shape index (κ2) is 10.7. The van der Waals surface area contributed by atoms with E-state index in [-0.39, 0.29) is 35.2 Å². The van der Waals surface area contributed by atoms with Gasteiger partial charge in [-0.2, -0.15) is 5.10 Å². The van der Waals surface area contributed by atoms with Gasteiger partial charge in [-0.1, -0.05) is 56.6 Å². The van der Waals surface area contributed by atoms with E-state index in [0.29, 0.717) is 42.8 Å². The number of morpholine rings is 1. The zero-order valence-corrected chi connectivity index (χ0v) is 23.2. The SMILES string of the molecule is CC(C)(C)c1nn(-c2ccccc2Cl)c2c1[C@@H](c1cccc(F)c1)SCC(=O)N2CC(=O)N1CCOCC1. The van der Waals surface area contributed by atoms with Crippen LogP contribution in [0.2, 0.25) is 5.02 Å². The number of benzene rings is 2. The van der Waals surface area contributed by atoms with Gasteiger partial charge in [0.1, 0.15) is 18.2 Å². The lowest BCUT2D eigenvalue weighted by Gasteiger charge is -2.30. The molecule has 0 N–H and O–H groups in total. The molecule has 1 fully saturated rings. The lowest BCUT2D eigenvalue weighted by atomic mass is 9.87. The molecule has 0 unspecified atom stereocenters. The van der Waals surface area contributed by atoms with E-state index in [1.807, 2.05) is 24.3 Å². The predicted molar refractivity (Wildman–Crippen MR) is 148 cm³/mol. The molecule has 3 heterocycles. The van der Waals surface area contributed by atoms with Gasteiger partial charge in [0.25, 0.3) is 0 Å². The zero-order chi connectivity index (χ0) is 27.0. The van der Waals surface area contributed by atoms with Gasteiger partial charge in [0.05, 0.1) is 40.6 Å². The maximum atomic E-state index is 14.4. The third kappa shape index (κ3) is 5.19. The van der Waals surface area contributed by atoms with Crippen molar-refractivity contribution in [2.45, 2.75) is 31.4 Å². The number of amides is 2. The Morgan fingerprint density at radius 1 is 1.16 bits per heavy atom. The van der Waals surface area contributed by atoms with Crippen molar-refractivity contribution in [2.24, 2.45) is 0 Å². The van der Waals surface area contributed by atoms with Crippen LogP contribution < -0.4 is 4.90 Å². The van der Waals surface area contributed by atoms with Crippen molar-refractivity contribution in [3.63, 3.8) is 0 Å². The summed E-state index contributed by atoms with van der Waals surface area (Å²) >= 11 is 8.06. The number of nitrogens with zero attached hydrogens (tertiary/aromatic N) is 4. The highest BCUT2D eigenvalue weighted by Gasteiger charge is 2.40. The number of carbonyl (C=O) groups is 2. The molecule has 0 spiro atoms. The number of anilines is 1. The molecule has 1 saturated heterocycles. The van der Waals surface area contributed by atoms with Crippen LogP contribution in [0, 0.1) is 5.82 Å². The fraction of sp³-hybridized carbons (Fsp3) is 0.393. The fourth-order valence-electron chi connectivity index (χ4n) is 4.85. The summed E-state index contributed by atoms with van der Waals surface area (Å²) in [6, 6.07) is 13.7. The molecule has 2 aliphatic heterocycles.